The van der Waals surface area contributed by atoms with Gasteiger partial charge in [-0.25, -0.2) is 9.18 Å². The molecule has 2 amide bonds. The summed E-state index contributed by atoms with van der Waals surface area (Å²) in [6, 6.07) is 14.2. The highest BCUT2D eigenvalue weighted by atomic mass is 19.1. The maximum atomic E-state index is 13.0. The summed E-state index contributed by atoms with van der Waals surface area (Å²) in [5, 5.41) is 6.08. The zero-order chi connectivity index (χ0) is 19.9. The summed E-state index contributed by atoms with van der Waals surface area (Å²) in [4.78, 5) is 14.7. The summed E-state index contributed by atoms with van der Waals surface area (Å²) < 4.78 is 18.4. The number of benzene rings is 2. The Hall–Kier alpha value is -2.60. The van der Waals surface area contributed by atoms with Gasteiger partial charge in [0.05, 0.1) is 13.2 Å². The topological polar surface area (TPSA) is 53.6 Å². The molecule has 1 fully saturated rings. The fourth-order valence-electron chi connectivity index (χ4n) is 3.61. The SMILES string of the molecule is COc1ccccc1C(C)NC(=O)NC1CCN(Cc2ccc(F)cc2)CC1. The molecule has 0 saturated carbocycles. The largest absolute Gasteiger partial charge is 0.496 e. The van der Waals surface area contributed by atoms with E-state index in [4.69, 9.17) is 4.74 Å². The van der Waals surface area contributed by atoms with Crippen LogP contribution in [0.1, 0.15) is 36.9 Å². The second kappa shape index (κ2) is 9.55. The monoisotopic (exact) mass is 385 g/mol. The Balaban J connectivity index is 1.44. The highest BCUT2D eigenvalue weighted by Crippen LogP contribution is 2.24. The van der Waals surface area contributed by atoms with Crippen LogP contribution >= 0.6 is 0 Å². The second-order valence-electron chi connectivity index (χ2n) is 7.26. The van der Waals surface area contributed by atoms with Gasteiger partial charge in [0.25, 0.3) is 0 Å². The lowest BCUT2D eigenvalue weighted by molar-refractivity contribution is 0.186. The van der Waals surface area contributed by atoms with Crippen LogP contribution in [0.4, 0.5) is 9.18 Å². The minimum atomic E-state index is -0.208. The molecule has 1 atom stereocenters. The molecule has 150 valence electrons. The molecule has 2 N–H and O–H groups in total. The van der Waals surface area contributed by atoms with Crippen molar-refractivity contribution in [3.8, 4) is 5.75 Å². The van der Waals surface area contributed by atoms with Crippen molar-refractivity contribution in [3.05, 3.63) is 65.5 Å². The molecule has 5 nitrogen and oxygen atoms in total. The molecule has 0 aliphatic carbocycles. The van der Waals surface area contributed by atoms with Crippen LogP contribution in [0.3, 0.4) is 0 Å². The second-order valence-corrected chi connectivity index (χ2v) is 7.26. The van der Waals surface area contributed by atoms with Crippen molar-refractivity contribution in [1.82, 2.24) is 15.5 Å². The lowest BCUT2D eigenvalue weighted by atomic mass is 10.0. The van der Waals surface area contributed by atoms with Crippen molar-refractivity contribution in [2.24, 2.45) is 0 Å². The number of nitrogens with zero attached hydrogens (tertiary/aromatic N) is 1. The standard InChI is InChI=1S/C22H28FN3O2/c1-16(20-5-3-4-6-21(20)28-2)24-22(27)25-19-11-13-26(14-12-19)15-17-7-9-18(23)10-8-17/h3-10,16,19H,11-15H2,1-2H3,(H2,24,25,27). The summed E-state index contributed by atoms with van der Waals surface area (Å²) in [5.74, 6) is 0.560. The number of hydrogen-bond donors (Lipinski definition) is 2. The number of amides is 2. The number of likely N-dealkylation sites (tertiary alicyclic amines) is 1. The maximum absolute atomic E-state index is 13.0. The highest BCUT2D eigenvalue weighted by molar-refractivity contribution is 5.74. The molecule has 1 aliphatic rings. The molecule has 1 aliphatic heterocycles. The Morgan fingerprint density at radius 2 is 1.86 bits per heavy atom. The van der Waals surface area contributed by atoms with E-state index in [1.807, 2.05) is 43.3 Å². The van der Waals surface area contributed by atoms with Gasteiger partial charge in [-0.3, -0.25) is 4.90 Å². The smallest absolute Gasteiger partial charge is 0.315 e. The predicted molar refractivity (Wildman–Crippen MR) is 108 cm³/mol. The summed E-state index contributed by atoms with van der Waals surface area (Å²) in [7, 11) is 1.63. The van der Waals surface area contributed by atoms with Gasteiger partial charge >= 0.3 is 6.03 Å². The number of hydrogen-bond acceptors (Lipinski definition) is 3. The van der Waals surface area contributed by atoms with E-state index >= 15 is 0 Å². The van der Waals surface area contributed by atoms with E-state index in [2.05, 4.69) is 15.5 Å². The van der Waals surface area contributed by atoms with Gasteiger partial charge in [0.2, 0.25) is 0 Å². The van der Waals surface area contributed by atoms with Crippen LogP contribution in [-0.2, 0) is 6.54 Å². The first-order valence-electron chi connectivity index (χ1n) is 9.72. The molecule has 2 aromatic rings. The lowest BCUT2D eigenvalue weighted by Gasteiger charge is -2.32. The van der Waals surface area contributed by atoms with Crippen molar-refractivity contribution in [3.63, 3.8) is 0 Å². The van der Waals surface area contributed by atoms with Crippen LogP contribution in [-0.4, -0.2) is 37.2 Å². The molecule has 0 aromatic heterocycles. The molecule has 28 heavy (non-hydrogen) atoms. The van der Waals surface area contributed by atoms with E-state index < -0.39 is 0 Å². The van der Waals surface area contributed by atoms with Gasteiger partial charge in [-0.05, 0) is 43.5 Å². The third-order valence-electron chi connectivity index (χ3n) is 5.20. The van der Waals surface area contributed by atoms with Crippen molar-refractivity contribution in [2.45, 2.75) is 38.4 Å². The first kappa shape index (κ1) is 20.1. The number of urea groups is 1. The fourth-order valence-corrected chi connectivity index (χ4v) is 3.61. The Bertz CT molecular complexity index is 774. The van der Waals surface area contributed by atoms with Gasteiger partial charge in [-0.15, -0.1) is 0 Å². The van der Waals surface area contributed by atoms with Crippen molar-refractivity contribution < 1.29 is 13.9 Å². The van der Waals surface area contributed by atoms with E-state index in [0.29, 0.717) is 0 Å². The third kappa shape index (κ3) is 5.45. The van der Waals surface area contributed by atoms with E-state index in [1.54, 1.807) is 7.11 Å². The molecular weight excluding hydrogens is 357 g/mol. The lowest BCUT2D eigenvalue weighted by Crippen LogP contribution is -2.48. The third-order valence-corrected chi connectivity index (χ3v) is 5.20. The van der Waals surface area contributed by atoms with E-state index in [1.165, 1.54) is 12.1 Å². The zero-order valence-corrected chi connectivity index (χ0v) is 16.5. The van der Waals surface area contributed by atoms with Crippen LogP contribution in [0.2, 0.25) is 0 Å². The normalized spacial score (nSPS) is 16.4. The van der Waals surface area contributed by atoms with E-state index in [0.717, 1.165) is 49.4 Å². The average molecular weight is 385 g/mol. The Morgan fingerprint density at radius 1 is 1.18 bits per heavy atom. The number of nitrogens with one attached hydrogen (secondary N) is 2. The molecule has 0 radical (unpaired) electrons. The Kier molecular flexibility index (Phi) is 6.87. The number of carbonyl (C=O) groups is 1. The summed E-state index contributed by atoms with van der Waals surface area (Å²) in [6.45, 7) is 4.57. The van der Waals surface area contributed by atoms with Gasteiger partial charge in [-0.1, -0.05) is 30.3 Å². The fraction of sp³-hybridized carbons (Fsp3) is 0.409. The van der Waals surface area contributed by atoms with E-state index in [-0.39, 0.29) is 23.9 Å². The van der Waals surface area contributed by atoms with Crippen LogP contribution in [0.15, 0.2) is 48.5 Å². The number of ether oxygens (including phenoxy) is 1. The zero-order valence-electron chi connectivity index (χ0n) is 16.5. The van der Waals surface area contributed by atoms with Crippen LogP contribution in [0.25, 0.3) is 0 Å². The quantitative estimate of drug-likeness (QED) is 0.794. The van der Waals surface area contributed by atoms with Crippen molar-refractivity contribution in [1.29, 1.82) is 0 Å². The Morgan fingerprint density at radius 3 is 2.54 bits per heavy atom. The number of methoxy groups -OCH3 is 1. The maximum Gasteiger partial charge on any atom is 0.315 e. The van der Waals surface area contributed by atoms with Crippen molar-refractivity contribution >= 4 is 6.03 Å². The highest BCUT2D eigenvalue weighted by Gasteiger charge is 2.22. The van der Waals surface area contributed by atoms with Gasteiger partial charge in [0, 0.05) is 31.2 Å². The van der Waals surface area contributed by atoms with Crippen LogP contribution in [0.5, 0.6) is 5.75 Å². The molecule has 0 spiro atoms. The van der Waals surface area contributed by atoms with E-state index in [9.17, 15) is 9.18 Å². The van der Waals surface area contributed by atoms with Crippen molar-refractivity contribution in [2.75, 3.05) is 20.2 Å². The molecule has 1 unspecified atom stereocenters. The molecule has 1 heterocycles. The summed E-state index contributed by atoms with van der Waals surface area (Å²) >= 11 is 0. The molecule has 1 saturated heterocycles. The first-order valence-corrected chi connectivity index (χ1v) is 9.72. The number of rotatable bonds is 6. The predicted octanol–water partition coefficient (Wildman–Crippen LogP) is 3.86. The van der Waals surface area contributed by atoms with Gasteiger partial charge < -0.3 is 15.4 Å². The average Bonchev–Trinajstić information content (AvgIpc) is 2.71. The van der Waals surface area contributed by atoms with Gasteiger partial charge in [0.1, 0.15) is 11.6 Å². The molecule has 2 aromatic carbocycles. The van der Waals surface area contributed by atoms with Crippen LogP contribution in [0, 0.1) is 5.82 Å². The first-order chi connectivity index (χ1) is 13.5. The molecule has 6 heteroatoms. The number of carbonyl (C=O) groups excluding carboxylic acids is 1. The minimum Gasteiger partial charge on any atom is -0.496 e. The molecule has 3 rings (SSSR count). The minimum absolute atomic E-state index is 0.144. The van der Waals surface area contributed by atoms with Gasteiger partial charge in [0.15, 0.2) is 0 Å². The summed E-state index contributed by atoms with van der Waals surface area (Å²) in [6.07, 6.45) is 1.80. The summed E-state index contributed by atoms with van der Waals surface area (Å²) in [5.41, 5.74) is 2.06. The Labute approximate surface area is 165 Å². The number of halogens is 1. The number of piperidine rings is 1. The molecular formula is C22H28FN3O2. The van der Waals surface area contributed by atoms with Gasteiger partial charge in [-0.2, -0.15) is 0 Å². The number of para-hydroxylation sites is 1. The van der Waals surface area contributed by atoms with Crippen LogP contribution < -0.4 is 15.4 Å². The molecule has 0 bridgehead atoms.